The van der Waals surface area contributed by atoms with Crippen molar-refractivity contribution in [2.45, 2.75) is 64.7 Å². The Kier molecular flexibility index (Phi) is 14.2. The van der Waals surface area contributed by atoms with Gasteiger partial charge in [-0.15, -0.1) is 0 Å². The molecule has 0 aromatic heterocycles. The van der Waals surface area contributed by atoms with Crippen LogP contribution in [0.15, 0.2) is 109 Å². The minimum absolute atomic E-state index is 0.193. The Morgan fingerprint density at radius 1 is 0.543 bits per heavy atom. The number of rotatable bonds is 19. The molecule has 7 nitrogen and oxygen atoms in total. The van der Waals surface area contributed by atoms with E-state index in [2.05, 4.69) is 0 Å². The summed E-state index contributed by atoms with van der Waals surface area (Å²) >= 11 is 0. The number of hydrogen-bond donors (Lipinski definition) is 1. The maximum atomic E-state index is 12.5. The maximum absolute atomic E-state index is 12.5. The van der Waals surface area contributed by atoms with Gasteiger partial charge in [0.1, 0.15) is 30.8 Å². The molecule has 7 heteroatoms. The maximum Gasteiger partial charge on any atom is 0.323 e. The van der Waals surface area contributed by atoms with Crippen LogP contribution in [0, 0.1) is 5.92 Å². The average molecular weight is 624 g/mol. The number of ether oxygens (including phenoxy) is 4. The fraction of sp³-hybridized carbons (Fsp3) is 0.333. The minimum atomic E-state index is -0.719. The largest absolute Gasteiger partial charge is 0.489 e. The predicted octanol–water partition coefficient (Wildman–Crippen LogP) is 7.24. The molecule has 0 aliphatic carbocycles. The number of carbonyl (C=O) groups is 2. The van der Waals surface area contributed by atoms with Gasteiger partial charge in [-0.05, 0) is 85.0 Å². The number of unbranched alkanes of at least 4 members (excludes halogenated alkanes) is 3. The van der Waals surface area contributed by atoms with E-state index < -0.39 is 12.0 Å². The van der Waals surface area contributed by atoms with E-state index in [-0.39, 0.29) is 11.9 Å². The summed E-state index contributed by atoms with van der Waals surface area (Å²) < 4.78 is 22.5. The van der Waals surface area contributed by atoms with Gasteiger partial charge in [0.2, 0.25) is 0 Å². The second-order valence-corrected chi connectivity index (χ2v) is 11.5. The van der Waals surface area contributed by atoms with Gasteiger partial charge in [-0.3, -0.25) is 9.59 Å². The molecular weight excluding hydrogens is 578 g/mol. The van der Waals surface area contributed by atoms with Crippen LogP contribution in [-0.2, 0) is 45.1 Å². The molecule has 0 heterocycles. The number of hydrogen-bond acceptors (Lipinski definition) is 7. The molecule has 46 heavy (non-hydrogen) atoms. The van der Waals surface area contributed by atoms with Crippen LogP contribution in [0.5, 0.6) is 11.5 Å². The summed E-state index contributed by atoms with van der Waals surface area (Å²) in [5, 5.41) is 0. The number of carbonyl (C=O) groups excluding carboxylic acids is 2. The first-order valence-electron chi connectivity index (χ1n) is 16.1. The molecule has 242 valence electrons. The zero-order valence-electron chi connectivity index (χ0n) is 26.6. The van der Waals surface area contributed by atoms with Crippen molar-refractivity contribution < 1.29 is 28.5 Å². The Bertz CT molecular complexity index is 1330. The fourth-order valence-electron chi connectivity index (χ4n) is 4.85. The van der Waals surface area contributed by atoms with Crippen molar-refractivity contribution >= 4 is 11.9 Å². The van der Waals surface area contributed by atoms with Crippen molar-refractivity contribution in [1.82, 2.24) is 0 Å². The Hall–Kier alpha value is -4.62. The molecule has 0 fully saturated rings. The minimum Gasteiger partial charge on any atom is -0.489 e. The standard InChI is InChI=1S/C39H45NO6/c1-30(26-31-16-20-35(21-17-31)45-28-33-12-6-4-7-13-33)38(41)43-24-10-2-3-11-25-44-39(42)37(40)27-32-18-22-36(23-19-32)46-29-34-14-8-5-9-15-34/h4-9,12-23,30,37H,2-3,10-11,24-29,40H2,1H3. The Balaban J connectivity index is 1.01. The zero-order chi connectivity index (χ0) is 32.4. The number of esters is 2. The molecule has 0 saturated carbocycles. The van der Waals surface area contributed by atoms with Gasteiger partial charge in [-0.1, -0.05) is 91.9 Å². The summed E-state index contributed by atoms with van der Waals surface area (Å²) in [7, 11) is 0. The molecule has 2 atom stereocenters. The first-order valence-corrected chi connectivity index (χ1v) is 16.1. The van der Waals surface area contributed by atoms with Crippen molar-refractivity contribution in [2.24, 2.45) is 11.7 Å². The zero-order valence-corrected chi connectivity index (χ0v) is 26.6. The van der Waals surface area contributed by atoms with Crippen LogP contribution in [-0.4, -0.2) is 31.2 Å². The van der Waals surface area contributed by atoms with Gasteiger partial charge in [0, 0.05) is 0 Å². The van der Waals surface area contributed by atoms with Crippen molar-refractivity contribution in [1.29, 1.82) is 0 Å². The van der Waals surface area contributed by atoms with E-state index in [0.29, 0.717) is 39.3 Å². The van der Waals surface area contributed by atoms with E-state index >= 15 is 0 Å². The van der Waals surface area contributed by atoms with Gasteiger partial charge in [-0.2, -0.15) is 0 Å². The van der Waals surface area contributed by atoms with E-state index in [1.54, 1.807) is 0 Å². The molecular formula is C39H45NO6. The lowest BCUT2D eigenvalue weighted by atomic mass is 10.0. The predicted molar refractivity (Wildman–Crippen MR) is 179 cm³/mol. The highest BCUT2D eigenvalue weighted by molar-refractivity contribution is 5.75. The van der Waals surface area contributed by atoms with Crippen LogP contribution in [0.25, 0.3) is 0 Å². The monoisotopic (exact) mass is 623 g/mol. The second kappa shape index (κ2) is 19.0. The van der Waals surface area contributed by atoms with E-state index in [1.807, 2.05) is 116 Å². The highest BCUT2D eigenvalue weighted by Crippen LogP contribution is 2.18. The summed E-state index contributed by atoms with van der Waals surface area (Å²) in [6, 6.07) is 34.7. The molecule has 0 bridgehead atoms. The quantitative estimate of drug-likeness (QED) is 0.0869. The molecule has 2 unspecified atom stereocenters. The van der Waals surface area contributed by atoms with Gasteiger partial charge < -0.3 is 24.7 Å². The third kappa shape index (κ3) is 12.4. The molecule has 0 radical (unpaired) electrons. The summed E-state index contributed by atoms with van der Waals surface area (Å²) in [6.07, 6.45) is 4.27. The summed E-state index contributed by atoms with van der Waals surface area (Å²) in [6.45, 7) is 3.62. The lowest BCUT2D eigenvalue weighted by Crippen LogP contribution is -2.34. The Morgan fingerprint density at radius 3 is 1.46 bits per heavy atom. The molecule has 0 amide bonds. The molecule has 0 spiro atoms. The molecule has 0 aliphatic rings. The summed E-state index contributed by atoms with van der Waals surface area (Å²) in [5.41, 5.74) is 10.3. The van der Waals surface area contributed by atoms with Gasteiger partial charge in [-0.25, -0.2) is 0 Å². The normalized spacial score (nSPS) is 12.1. The number of benzene rings is 4. The van der Waals surface area contributed by atoms with Crippen LogP contribution in [0.4, 0.5) is 0 Å². The molecule has 0 aliphatic heterocycles. The smallest absolute Gasteiger partial charge is 0.323 e. The Morgan fingerprint density at radius 2 is 0.978 bits per heavy atom. The highest BCUT2D eigenvalue weighted by Gasteiger charge is 2.17. The van der Waals surface area contributed by atoms with Crippen molar-refractivity contribution in [3.05, 3.63) is 131 Å². The van der Waals surface area contributed by atoms with Crippen molar-refractivity contribution in [2.75, 3.05) is 13.2 Å². The van der Waals surface area contributed by atoms with Crippen LogP contribution in [0.3, 0.4) is 0 Å². The Labute approximate surface area is 272 Å². The first-order chi connectivity index (χ1) is 22.5. The van der Waals surface area contributed by atoms with Gasteiger partial charge in [0.05, 0.1) is 19.1 Å². The van der Waals surface area contributed by atoms with E-state index in [0.717, 1.165) is 59.4 Å². The molecule has 0 saturated heterocycles. The lowest BCUT2D eigenvalue weighted by Gasteiger charge is -2.13. The van der Waals surface area contributed by atoms with Crippen LogP contribution >= 0.6 is 0 Å². The highest BCUT2D eigenvalue weighted by atomic mass is 16.5. The van der Waals surface area contributed by atoms with E-state index in [4.69, 9.17) is 24.7 Å². The summed E-state index contributed by atoms with van der Waals surface area (Å²) in [4.78, 5) is 24.8. The third-order valence-corrected chi connectivity index (χ3v) is 7.57. The van der Waals surface area contributed by atoms with Gasteiger partial charge in [0.25, 0.3) is 0 Å². The van der Waals surface area contributed by atoms with Crippen LogP contribution in [0.1, 0.15) is 54.9 Å². The van der Waals surface area contributed by atoms with Crippen molar-refractivity contribution in [3.8, 4) is 11.5 Å². The van der Waals surface area contributed by atoms with Gasteiger partial charge >= 0.3 is 11.9 Å². The topological polar surface area (TPSA) is 97.1 Å². The molecule has 4 aromatic rings. The number of nitrogens with two attached hydrogens (primary N) is 1. The average Bonchev–Trinajstić information content (AvgIpc) is 3.09. The SMILES string of the molecule is CC(Cc1ccc(OCc2ccccc2)cc1)C(=O)OCCCCCCOC(=O)C(N)Cc1ccc(OCc2ccccc2)cc1. The third-order valence-electron chi connectivity index (χ3n) is 7.57. The second-order valence-electron chi connectivity index (χ2n) is 11.5. The molecule has 2 N–H and O–H groups in total. The fourth-order valence-corrected chi connectivity index (χ4v) is 4.85. The molecule has 4 aromatic carbocycles. The first kappa shape index (κ1) is 34.3. The van der Waals surface area contributed by atoms with E-state index in [9.17, 15) is 9.59 Å². The lowest BCUT2D eigenvalue weighted by molar-refractivity contribution is -0.148. The summed E-state index contributed by atoms with van der Waals surface area (Å²) in [5.74, 6) is 0.737. The van der Waals surface area contributed by atoms with Gasteiger partial charge in [0.15, 0.2) is 0 Å². The molecule has 4 rings (SSSR count). The van der Waals surface area contributed by atoms with Crippen molar-refractivity contribution in [3.63, 3.8) is 0 Å². The van der Waals surface area contributed by atoms with Crippen LogP contribution in [0.2, 0.25) is 0 Å². The van der Waals surface area contributed by atoms with Crippen LogP contribution < -0.4 is 15.2 Å². The van der Waals surface area contributed by atoms with E-state index in [1.165, 1.54) is 0 Å².